The van der Waals surface area contributed by atoms with Crippen molar-refractivity contribution >= 4 is 5.91 Å². The van der Waals surface area contributed by atoms with E-state index in [-0.39, 0.29) is 11.9 Å². The lowest BCUT2D eigenvalue weighted by Gasteiger charge is -2.11. The van der Waals surface area contributed by atoms with Gasteiger partial charge in [-0.15, -0.1) is 0 Å². The van der Waals surface area contributed by atoms with Crippen LogP contribution in [0.3, 0.4) is 0 Å². The number of furan rings is 1. The van der Waals surface area contributed by atoms with E-state index in [0.29, 0.717) is 6.42 Å². The molecule has 3 nitrogen and oxygen atoms in total. The Bertz CT molecular complexity index is 569. The Balaban J connectivity index is 1.82. The van der Waals surface area contributed by atoms with Gasteiger partial charge in [-0.2, -0.15) is 0 Å². The van der Waals surface area contributed by atoms with Crippen molar-refractivity contribution in [3.63, 3.8) is 0 Å². The Morgan fingerprint density at radius 1 is 1.15 bits per heavy atom. The molecule has 1 aromatic heterocycles. The third-order valence-electron chi connectivity index (χ3n) is 3.33. The molecule has 0 unspecified atom stereocenters. The van der Waals surface area contributed by atoms with Crippen LogP contribution >= 0.6 is 0 Å². The standard InChI is InChI=1S/C17H21NO2/c1-12-4-7-15(8-5-12)9-11-17(19)18-14(3)16-10-6-13(2)20-16/h4-8,10,14H,9,11H2,1-3H3,(H,18,19)/t14-/m0/s1. The van der Waals surface area contributed by atoms with Crippen LogP contribution in [0, 0.1) is 13.8 Å². The Hall–Kier alpha value is -2.03. The van der Waals surface area contributed by atoms with Gasteiger partial charge >= 0.3 is 0 Å². The quantitative estimate of drug-likeness (QED) is 0.900. The zero-order chi connectivity index (χ0) is 14.5. The van der Waals surface area contributed by atoms with Crippen molar-refractivity contribution < 1.29 is 9.21 Å². The molecule has 0 radical (unpaired) electrons. The Morgan fingerprint density at radius 3 is 2.45 bits per heavy atom. The van der Waals surface area contributed by atoms with Crippen LogP contribution in [0.25, 0.3) is 0 Å². The first-order valence-electron chi connectivity index (χ1n) is 6.96. The van der Waals surface area contributed by atoms with Crippen molar-refractivity contribution in [2.45, 2.75) is 39.7 Å². The first-order chi connectivity index (χ1) is 9.54. The number of benzene rings is 1. The molecular weight excluding hydrogens is 250 g/mol. The summed E-state index contributed by atoms with van der Waals surface area (Å²) in [6.07, 6.45) is 1.25. The summed E-state index contributed by atoms with van der Waals surface area (Å²) in [6, 6.07) is 12.0. The summed E-state index contributed by atoms with van der Waals surface area (Å²) >= 11 is 0. The lowest BCUT2D eigenvalue weighted by molar-refractivity contribution is -0.121. The Morgan fingerprint density at radius 2 is 1.85 bits per heavy atom. The van der Waals surface area contributed by atoms with Crippen LogP contribution in [-0.2, 0) is 11.2 Å². The summed E-state index contributed by atoms with van der Waals surface area (Å²) in [4.78, 5) is 11.9. The van der Waals surface area contributed by atoms with E-state index in [4.69, 9.17) is 4.42 Å². The van der Waals surface area contributed by atoms with Crippen molar-refractivity contribution in [2.24, 2.45) is 0 Å². The third kappa shape index (κ3) is 3.98. The maximum atomic E-state index is 11.9. The molecule has 2 aromatic rings. The van der Waals surface area contributed by atoms with Gasteiger partial charge in [0.25, 0.3) is 0 Å². The molecule has 0 bridgehead atoms. The summed E-state index contributed by atoms with van der Waals surface area (Å²) in [5.74, 6) is 1.71. The second-order valence-electron chi connectivity index (χ2n) is 5.22. The van der Waals surface area contributed by atoms with Gasteiger partial charge in [0.15, 0.2) is 0 Å². The van der Waals surface area contributed by atoms with Gasteiger partial charge in [-0.1, -0.05) is 29.8 Å². The summed E-state index contributed by atoms with van der Waals surface area (Å²) in [6.45, 7) is 5.89. The second-order valence-corrected chi connectivity index (χ2v) is 5.22. The van der Waals surface area contributed by atoms with Crippen LogP contribution in [0.2, 0.25) is 0 Å². The molecule has 0 spiro atoms. The molecule has 0 aliphatic rings. The molecule has 1 aromatic carbocycles. The fraction of sp³-hybridized carbons (Fsp3) is 0.353. The molecule has 3 heteroatoms. The van der Waals surface area contributed by atoms with E-state index in [1.165, 1.54) is 11.1 Å². The normalized spacial score (nSPS) is 12.2. The highest BCUT2D eigenvalue weighted by Gasteiger charge is 2.12. The summed E-state index contributed by atoms with van der Waals surface area (Å²) in [5.41, 5.74) is 2.42. The second kappa shape index (κ2) is 6.42. The average Bonchev–Trinajstić information content (AvgIpc) is 2.85. The molecular formula is C17H21NO2. The van der Waals surface area contributed by atoms with Crippen molar-refractivity contribution in [3.8, 4) is 0 Å². The number of aryl methyl sites for hydroxylation is 3. The first kappa shape index (κ1) is 14.4. The highest BCUT2D eigenvalue weighted by Crippen LogP contribution is 2.15. The molecule has 0 saturated heterocycles. The first-order valence-corrected chi connectivity index (χ1v) is 6.96. The predicted molar refractivity (Wildman–Crippen MR) is 79.5 cm³/mol. The maximum Gasteiger partial charge on any atom is 0.220 e. The van der Waals surface area contributed by atoms with Crippen LogP contribution in [0.4, 0.5) is 0 Å². The van der Waals surface area contributed by atoms with E-state index in [2.05, 4.69) is 36.5 Å². The molecule has 1 atom stereocenters. The smallest absolute Gasteiger partial charge is 0.220 e. The largest absolute Gasteiger partial charge is 0.464 e. The molecule has 1 heterocycles. The van der Waals surface area contributed by atoms with E-state index in [1.54, 1.807) is 0 Å². The number of carbonyl (C=O) groups excluding carboxylic acids is 1. The third-order valence-corrected chi connectivity index (χ3v) is 3.33. The zero-order valence-corrected chi connectivity index (χ0v) is 12.3. The van der Waals surface area contributed by atoms with Crippen LogP contribution in [0.1, 0.15) is 42.0 Å². The van der Waals surface area contributed by atoms with Crippen LogP contribution in [-0.4, -0.2) is 5.91 Å². The van der Waals surface area contributed by atoms with Gasteiger partial charge in [0, 0.05) is 6.42 Å². The van der Waals surface area contributed by atoms with Gasteiger partial charge in [0.1, 0.15) is 11.5 Å². The molecule has 2 rings (SSSR count). The van der Waals surface area contributed by atoms with Crippen molar-refractivity contribution in [1.82, 2.24) is 5.32 Å². The number of carbonyl (C=O) groups is 1. The topological polar surface area (TPSA) is 42.2 Å². The number of nitrogens with one attached hydrogen (secondary N) is 1. The molecule has 1 amide bonds. The van der Waals surface area contributed by atoms with Crippen molar-refractivity contribution in [3.05, 3.63) is 59.0 Å². The maximum absolute atomic E-state index is 11.9. The van der Waals surface area contributed by atoms with Crippen LogP contribution in [0.15, 0.2) is 40.8 Å². The number of amides is 1. The van der Waals surface area contributed by atoms with Gasteiger partial charge in [-0.05, 0) is 44.9 Å². The molecule has 1 N–H and O–H groups in total. The molecule has 0 saturated carbocycles. The SMILES string of the molecule is Cc1ccc(CCC(=O)N[C@@H](C)c2ccc(C)o2)cc1. The van der Waals surface area contributed by atoms with Crippen molar-refractivity contribution in [1.29, 1.82) is 0 Å². The number of hydrogen-bond donors (Lipinski definition) is 1. The highest BCUT2D eigenvalue weighted by molar-refractivity contribution is 5.76. The van der Waals surface area contributed by atoms with E-state index in [0.717, 1.165) is 17.9 Å². The molecule has 20 heavy (non-hydrogen) atoms. The summed E-state index contributed by atoms with van der Waals surface area (Å²) in [7, 11) is 0. The lowest BCUT2D eigenvalue weighted by Crippen LogP contribution is -2.26. The average molecular weight is 271 g/mol. The monoisotopic (exact) mass is 271 g/mol. The minimum Gasteiger partial charge on any atom is -0.464 e. The van der Waals surface area contributed by atoms with E-state index in [1.807, 2.05) is 26.0 Å². The summed E-state index contributed by atoms with van der Waals surface area (Å²) < 4.78 is 5.51. The van der Waals surface area contributed by atoms with Gasteiger partial charge in [-0.25, -0.2) is 0 Å². The zero-order valence-electron chi connectivity index (χ0n) is 12.3. The molecule has 0 fully saturated rings. The van der Waals surface area contributed by atoms with E-state index in [9.17, 15) is 4.79 Å². The highest BCUT2D eigenvalue weighted by atomic mass is 16.3. The van der Waals surface area contributed by atoms with Crippen LogP contribution in [0.5, 0.6) is 0 Å². The van der Waals surface area contributed by atoms with Gasteiger partial charge < -0.3 is 9.73 Å². The van der Waals surface area contributed by atoms with Crippen LogP contribution < -0.4 is 5.32 Å². The van der Waals surface area contributed by atoms with E-state index < -0.39 is 0 Å². The Labute approximate surface area is 120 Å². The Kier molecular flexibility index (Phi) is 4.61. The molecule has 0 aliphatic heterocycles. The minimum atomic E-state index is -0.0887. The molecule has 0 aliphatic carbocycles. The van der Waals surface area contributed by atoms with Gasteiger partial charge in [0.2, 0.25) is 5.91 Å². The lowest BCUT2D eigenvalue weighted by atomic mass is 10.1. The number of rotatable bonds is 5. The van der Waals surface area contributed by atoms with Gasteiger partial charge in [0.05, 0.1) is 6.04 Å². The van der Waals surface area contributed by atoms with E-state index >= 15 is 0 Å². The number of hydrogen-bond acceptors (Lipinski definition) is 2. The van der Waals surface area contributed by atoms with Gasteiger partial charge in [-0.3, -0.25) is 4.79 Å². The van der Waals surface area contributed by atoms with Crippen molar-refractivity contribution in [2.75, 3.05) is 0 Å². The minimum absolute atomic E-state index is 0.0483. The predicted octanol–water partition coefficient (Wildman–Crippen LogP) is 3.71. The molecule has 106 valence electrons. The fourth-order valence-corrected chi connectivity index (χ4v) is 2.08. The summed E-state index contributed by atoms with van der Waals surface area (Å²) in [5, 5.41) is 2.96. The fourth-order valence-electron chi connectivity index (χ4n) is 2.08.